The van der Waals surface area contributed by atoms with Gasteiger partial charge in [0.2, 0.25) is 0 Å². The molecule has 4 nitrogen and oxygen atoms in total. The van der Waals surface area contributed by atoms with Crippen molar-refractivity contribution in [1.82, 2.24) is 5.32 Å². The highest BCUT2D eigenvalue weighted by molar-refractivity contribution is 7.80. The molecule has 0 fully saturated rings. The lowest BCUT2D eigenvalue weighted by Crippen LogP contribution is -2.34. The van der Waals surface area contributed by atoms with Crippen LogP contribution in [0.3, 0.4) is 0 Å². The fourth-order valence-electron chi connectivity index (χ4n) is 2.55. The molecule has 0 saturated heterocycles. The van der Waals surface area contributed by atoms with Crippen molar-refractivity contribution in [3.8, 4) is 6.07 Å². The van der Waals surface area contributed by atoms with Crippen molar-refractivity contribution in [3.63, 3.8) is 0 Å². The molecule has 0 atom stereocenters. The molecular formula is C20H15N3OS. The molecular weight excluding hydrogens is 330 g/mol. The summed E-state index contributed by atoms with van der Waals surface area (Å²) in [5.41, 5.74) is 2.26. The molecule has 0 aromatic heterocycles. The normalized spacial score (nSPS) is 10.0. The SMILES string of the molecule is N#CCc1ccc(NC(=S)NC(=O)c2cccc3ccccc23)cc1. The Bertz CT molecular complexity index is 969. The van der Waals surface area contributed by atoms with Gasteiger partial charge in [0.05, 0.1) is 12.5 Å². The molecule has 3 aromatic rings. The first-order valence-corrected chi connectivity index (χ1v) is 8.14. The molecule has 0 radical (unpaired) electrons. The van der Waals surface area contributed by atoms with E-state index in [1.54, 1.807) is 6.07 Å². The quantitative estimate of drug-likeness (QED) is 0.703. The molecule has 122 valence electrons. The van der Waals surface area contributed by atoms with Gasteiger partial charge in [-0.3, -0.25) is 10.1 Å². The van der Waals surface area contributed by atoms with E-state index in [4.69, 9.17) is 17.5 Å². The number of nitriles is 1. The van der Waals surface area contributed by atoms with Crippen molar-refractivity contribution >= 4 is 39.7 Å². The highest BCUT2D eigenvalue weighted by Crippen LogP contribution is 2.18. The fraction of sp³-hybridized carbons (Fsp3) is 0.0500. The third kappa shape index (κ3) is 4.00. The third-order valence-electron chi connectivity index (χ3n) is 3.76. The molecule has 0 aliphatic carbocycles. The minimum atomic E-state index is -0.254. The second kappa shape index (κ2) is 7.56. The van der Waals surface area contributed by atoms with Crippen molar-refractivity contribution in [2.45, 2.75) is 6.42 Å². The molecule has 1 amide bonds. The van der Waals surface area contributed by atoms with Gasteiger partial charge in [-0.25, -0.2) is 0 Å². The summed E-state index contributed by atoms with van der Waals surface area (Å²) in [6, 6.07) is 22.7. The van der Waals surface area contributed by atoms with Crippen LogP contribution >= 0.6 is 12.2 Å². The van der Waals surface area contributed by atoms with E-state index in [-0.39, 0.29) is 11.0 Å². The summed E-state index contributed by atoms with van der Waals surface area (Å²) in [5.74, 6) is -0.254. The average Bonchev–Trinajstić information content (AvgIpc) is 2.63. The number of anilines is 1. The fourth-order valence-corrected chi connectivity index (χ4v) is 2.76. The molecule has 0 unspecified atom stereocenters. The first-order chi connectivity index (χ1) is 12.2. The molecule has 3 rings (SSSR count). The number of benzene rings is 3. The van der Waals surface area contributed by atoms with Gasteiger partial charge in [0.1, 0.15) is 0 Å². The maximum absolute atomic E-state index is 12.5. The number of amides is 1. The zero-order chi connectivity index (χ0) is 17.6. The average molecular weight is 345 g/mol. The summed E-state index contributed by atoms with van der Waals surface area (Å²) in [6.07, 6.45) is 0.364. The Balaban J connectivity index is 1.70. The Morgan fingerprint density at radius 1 is 1.00 bits per heavy atom. The summed E-state index contributed by atoms with van der Waals surface area (Å²) in [4.78, 5) is 12.5. The first-order valence-electron chi connectivity index (χ1n) is 7.73. The number of nitrogens with zero attached hydrogens (tertiary/aromatic N) is 1. The largest absolute Gasteiger partial charge is 0.332 e. The van der Waals surface area contributed by atoms with E-state index >= 15 is 0 Å². The monoisotopic (exact) mass is 345 g/mol. The van der Waals surface area contributed by atoms with E-state index in [2.05, 4.69) is 16.7 Å². The third-order valence-corrected chi connectivity index (χ3v) is 3.96. The molecule has 25 heavy (non-hydrogen) atoms. The number of carbonyl (C=O) groups is 1. The summed E-state index contributed by atoms with van der Waals surface area (Å²) in [7, 11) is 0. The zero-order valence-electron chi connectivity index (χ0n) is 13.3. The standard InChI is InChI=1S/C20H15N3OS/c21-13-12-14-8-10-16(11-9-14)22-20(25)23-19(24)18-7-3-5-15-4-1-2-6-17(15)18/h1-11H,12H2,(H2,22,23,24,25). The zero-order valence-corrected chi connectivity index (χ0v) is 14.1. The van der Waals surface area contributed by atoms with E-state index in [1.807, 2.05) is 60.7 Å². The van der Waals surface area contributed by atoms with Crippen LogP contribution in [0.15, 0.2) is 66.7 Å². The molecule has 0 heterocycles. The van der Waals surface area contributed by atoms with Crippen LogP contribution < -0.4 is 10.6 Å². The summed E-state index contributed by atoms with van der Waals surface area (Å²) in [5, 5.41) is 16.5. The number of nitrogens with one attached hydrogen (secondary N) is 2. The van der Waals surface area contributed by atoms with Gasteiger partial charge in [-0.05, 0) is 46.8 Å². The molecule has 0 spiro atoms. The van der Waals surface area contributed by atoms with Crippen LogP contribution in [0.5, 0.6) is 0 Å². The Morgan fingerprint density at radius 2 is 1.72 bits per heavy atom. The van der Waals surface area contributed by atoms with Gasteiger partial charge in [0, 0.05) is 11.3 Å². The van der Waals surface area contributed by atoms with Gasteiger partial charge in [0.25, 0.3) is 5.91 Å². The smallest absolute Gasteiger partial charge is 0.258 e. The summed E-state index contributed by atoms with van der Waals surface area (Å²) in [6.45, 7) is 0. The first kappa shape index (κ1) is 16.6. The van der Waals surface area contributed by atoms with Crippen LogP contribution in [0.4, 0.5) is 5.69 Å². The molecule has 0 aliphatic heterocycles. The van der Waals surface area contributed by atoms with Crippen LogP contribution in [0, 0.1) is 11.3 Å². The van der Waals surface area contributed by atoms with Crippen LogP contribution in [0.2, 0.25) is 0 Å². The second-order valence-electron chi connectivity index (χ2n) is 5.47. The van der Waals surface area contributed by atoms with Crippen molar-refractivity contribution < 1.29 is 4.79 Å². The van der Waals surface area contributed by atoms with Gasteiger partial charge < -0.3 is 5.32 Å². The molecule has 3 aromatic carbocycles. The molecule has 5 heteroatoms. The van der Waals surface area contributed by atoms with Gasteiger partial charge in [-0.2, -0.15) is 5.26 Å². The van der Waals surface area contributed by atoms with Crippen molar-refractivity contribution in [3.05, 3.63) is 77.9 Å². The number of rotatable bonds is 3. The number of thiocarbonyl (C=S) groups is 1. The maximum Gasteiger partial charge on any atom is 0.258 e. The van der Waals surface area contributed by atoms with Gasteiger partial charge >= 0.3 is 0 Å². The minimum absolute atomic E-state index is 0.228. The van der Waals surface area contributed by atoms with Crippen molar-refractivity contribution in [2.75, 3.05) is 5.32 Å². The van der Waals surface area contributed by atoms with Gasteiger partial charge in [-0.1, -0.05) is 48.5 Å². The van der Waals surface area contributed by atoms with Crippen molar-refractivity contribution in [2.24, 2.45) is 0 Å². The molecule has 0 aliphatic rings. The lowest BCUT2D eigenvalue weighted by molar-refractivity contribution is 0.0979. The highest BCUT2D eigenvalue weighted by Gasteiger charge is 2.11. The van der Waals surface area contributed by atoms with E-state index in [0.717, 1.165) is 22.0 Å². The van der Waals surface area contributed by atoms with Gasteiger partial charge in [0.15, 0.2) is 5.11 Å². The molecule has 0 saturated carbocycles. The number of fused-ring (bicyclic) bond motifs is 1. The number of carbonyl (C=O) groups excluding carboxylic acids is 1. The maximum atomic E-state index is 12.5. The number of hydrogen-bond donors (Lipinski definition) is 2. The van der Waals surface area contributed by atoms with Gasteiger partial charge in [-0.15, -0.1) is 0 Å². The van der Waals surface area contributed by atoms with Crippen LogP contribution in [-0.2, 0) is 6.42 Å². The Hall–Kier alpha value is -3.23. The van der Waals surface area contributed by atoms with E-state index in [0.29, 0.717) is 12.0 Å². The van der Waals surface area contributed by atoms with Crippen LogP contribution in [0.1, 0.15) is 15.9 Å². The Morgan fingerprint density at radius 3 is 2.48 bits per heavy atom. The highest BCUT2D eigenvalue weighted by atomic mass is 32.1. The minimum Gasteiger partial charge on any atom is -0.332 e. The van der Waals surface area contributed by atoms with Crippen LogP contribution in [0.25, 0.3) is 10.8 Å². The number of hydrogen-bond acceptors (Lipinski definition) is 3. The van der Waals surface area contributed by atoms with Crippen molar-refractivity contribution in [1.29, 1.82) is 5.26 Å². The summed E-state index contributed by atoms with van der Waals surface area (Å²) >= 11 is 5.22. The Kier molecular flexibility index (Phi) is 5.03. The van der Waals surface area contributed by atoms with E-state index in [9.17, 15) is 4.79 Å². The lowest BCUT2D eigenvalue weighted by atomic mass is 10.0. The lowest BCUT2D eigenvalue weighted by Gasteiger charge is -2.11. The Labute approximate surface area is 151 Å². The predicted molar refractivity (Wildman–Crippen MR) is 103 cm³/mol. The van der Waals surface area contributed by atoms with Crippen LogP contribution in [-0.4, -0.2) is 11.0 Å². The summed E-state index contributed by atoms with van der Waals surface area (Å²) < 4.78 is 0. The second-order valence-corrected chi connectivity index (χ2v) is 5.88. The molecule has 0 bridgehead atoms. The topological polar surface area (TPSA) is 64.9 Å². The van der Waals surface area contributed by atoms with E-state index in [1.165, 1.54) is 0 Å². The predicted octanol–water partition coefficient (Wildman–Crippen LogP) is 4.03. The molecule has 2 N–H and O–H groups in total. The van der Waals surface area contributed by atoms with E-state index < -0.39 is 0 Å².